The monoisotopic (exact) mass is 473 g/mol. The molecule has 8 nitrogen and oxygen atoms in total. The number of carbonyl (C=O) groups is 1. The smallest absolute Gasteiger partial charge is 0.274 e. The number of nitrogens with one attached hydrogen (secondary N) is 1. The van der Waals surface area contributed by atoms with Gasteiger partial charge in [0.1, 0.15) is 11.5 Å². The van der Waals surface area contributed by atoms with Crippen molar-refractivity contribution in [3.05, 3.63) is 58.5 Å². The lowest BCUT2D eigenvalue weighted by Gasteiger charge is -2.23. The van der Waals surface area contributed by atoms with Gasteiger partial charge in [0.2, 0.25) is 11.8 Å². The van der Waals surface area contributed by atoms with Gasteiger partial charge in [-0.05, 0) is 55.7 Å². The van der Waals surface area contributed by atoms with E-state index >= 15 is 0 Å². The first kappa shape index (κ1) is 22.0. The maximum Gasteiger partial charge on any atom is 0.274 e. The van der Waals surface area contributed by atoms with Crippen LogP contribution in [0.2, 0.25) is 5.02 Å². The first-order valence-corrected chi connectivity index (χ1v) is 11.4. The van der Waals surface area contributed by atoms with E-state index in [1.54, 1.807) is 24.9 Å². The SMILES string of the molecule is Cc1nnc(CC2(O)CC3CC(c4ncn(C)c4C(=O)Nc4ccc(F)c(Cl)c4)CC3C2)o1. The lowest BCUT2D eigenvalue weighted by atomic mass is 9.90. The summed E-state index contributed by atoms with van der Waals surface area (Å²) in [6.45, 7) is 1.74. The number of hydrogen-bond donors (Lipinski definition) is 2. The van der Waals surface area contributed by atoms with Crippen LogP contribution in [-0.4, -0.2) is 36.4 Å². The second-order valence-electron chi connectivity index (χ2n) is 9.39. The summed E-state index contributed by atoms with van der Waals surface area (Å²) in [4.78, 5) is 17.6. The fourth-order valence-corrected chi connectivity index (χ4v) is 5.80. The Morgan fingerprint density at radius 1 is 1.33 bits per heavy atom. The van der Waals surface area contributed by atoms with Crippen LogP contribution in [0.25, 0.3) is 0 Å². The van der Waals surface area contributed by atoms with Crippen molar-refractivity contribution in [2.45, 2.75) is 50.5 Å². The maximum atomic E-state index is 13.4. The Morgan fingerprint density at radius 3 is 2.70 bits per heavy atom. The standard InChI is InChI=1S/C23H25ClFN5O3/c1-12-28-29-19(33-12)10-23(32)8-14-5-13(6-15(14)9-23)20-21(30(2)11-26-20)22(31)27-16-3-4-18(25)17(24)7-16/h3-4,7,11,13-15,32H,5-6,8-10H2,1-2H3,(H,27,31). The quantitative estimate of drug-likeness (QED) is 0.579. The number of aromatic nitrogens is 4. The highest BCUT2D eigenvalue weighted by molar-refractivity contribution is 6.31. The minimum atomic E-state index is -0.842. The van der Waals surface area contributed by atoms with Gasteiger partial charge in [0, 0.05) is 25.6 Å². The zero-order chi connectivity index (χ0) is 23.3. The molecule has 5 rings (SSSR count). The van der Waals surface area contributed by atoms with Gasteiger partial charge >= 0.3 is 0 Å². The van der Waals surface area contributed by atoms with Crippen molar-refractivity contribution in [2.75, 3.05) is 5.32 Å². The van der Waals surface area contributed by atoms with Gasteiger partial charge in [0.25, 0.3) is 5.91 Å². The van der Waals surface area contributed by atoms with E-state index in [2.05, 4.69) is 20.5 Å². The average molecular weight is 474 g/mol. The van der Waals surface area contributed by atoms with E-state index in [9.17, 15) is 14.3 Å². The predicted molar refractivity (Wildman–Crippen MR) is 118 cm³/mol. The molecule has 1 amide bonds. The molecule has 0 radical (unpaired) electrons. The molecule has 0 spiro atoms. The molecule has 2 saturated carbocycles. The van der Waals surface area contributed by atoms with Gasteiger partial charge in [-0.3, -0.25) is 4.79 Å². The number of rotatable bonds is 5. The molecular weight excluding hydrogens is 449 g/mol. The lowest BCUT2D eigenvalue weighted by Crippen LogP contribution is -2.29. The van der Waals surface area contributed by atoms with Crippen LogP contribution >= 0.6 is 11.6 Å². The van der Waals surface area contributed by atoms with Crippen LogP contribution in [0.15, 0.2) is 28.9 Å². The van der Waals surface area contributed by atoms with Crippen LogP contribution in [-0.2, 0) is 13.5 Å². The molecule has 2 aliphatic rings. The summed E-state index contributed by atoms with van der Waals surface area (Å²) in [6.07, 6.45) is 5.05. The largest absolute Gasteiger partial charge is 0.425 e. The first-order chi connectivity index (χ1) is 15.7. The second kappa shape index (κ2) is 8.22. The van der Waals surface area contributed by atoms with Crippen molar-refractivity contribution in [3.63, 3.8) is 0 Å². The average Bonchev–Trinajstić information content (AvgIpc) is 3.48. The number of aryl methyl sites for hydroxylation is 2. The van der Waals surface area contributed by atoms with Gasteiger partial charge in [-0.15, -0.1) is 10.2 Å². The minimum absolute atomic E-state index is 0.0511. The summed E-state index contributed by atoms with van der Waals surface area (Å²) in [7, 11) is 1.78. The Labute approximate surface area is 195 Å². The number of hydrogen-bond acceptors (Lipinski definition) is 6. The van der Waals surface area contributed by atoms with Crippen molar-refractivity contribution >= 4 is 23.2 Å². The number of imidazole rings is 1. The number of nitrogens with zero attached hydrogens (tertiary/aromatic N) is 4. The Bertz CT molecular complexity index is 1190. The Hall–Kier alpha value is -2.78. The summed E-state index contributed by atoms with van der Waals surface area (Å²) in [5.74, 6) is 0.937. The normalized spacial score (nSPS) is 26.5. The third-order valence-electron chi connectivity index (χ3n) is 6.92. The summed E-state index contributed by atoms with van der Waals surface area (Å²) in [5, 5.41) is 21.7. The summed E-state index contributed by atoms with van der Waals surface area (Å²) >= 11 is 5.84. The van der Waals surface area contributed by atoms with E-state index in [-0.39, 0.29) is 16.8 Å². The van der Waals surface area contributed by atoms with Crippen LogP contribution in [0, 0.1) is 24.6 Å². The number of fused-ring (bicyclic) bond motifs is 1. The van der Waals surface area contributed by atoms with E-state index < -0.39 is 11.4 Å². The number of anilines is 1. The maximum absolute atomic E-state index is 13.4. The molecule has 2 unspecified atom stereocenters. The van der Waals surface area contributed by atoms with Gasteiger partial charge in [-0.2, -0.15) is 0 Å². The molecule has 33 heavy (non-hydrogen) atoms. The Kier molecular flexibility index (Phi) is 5.49. The molecule has 2 heterocycles. The van der Waals surface area contributed by atoms with E-state index in [1.807, 2.05) is 0 Å². The summed E-state index contributed by atoms with van der Waals surface area (Å²) < 4.78 is 20.6. The number of carbonyl (C=O) groups excluding carboxylic acids is 1. The van der Waals surface area contributed by atoms with E-state index in [0.717, 1.165) is 18.5 Å². The minimum Gasteiger partial charge on any atom is -0.425 e. The van der Waals surface area contributed by atoms with Crippen LogP contribution < -0.4 is 5.32 Å². The van der Waals surface area contributed by atoms with Gasteiger partial charge in [0.05, 0.1) is 29.1 Å². The van der Waals surface area contributed by atoms with Crippen LogP contribution in [0.1, 0.15) is 59.6 Å². The molecule has 2 fully saturated rings. The zero-order valence-corrected chi connectivity index (χ0v) is 19.1. The van der Waals surface area contributed by atoms with Crippen molar-refractivity contribution in [1.29, 1.82) is 0 Å². The van der Waals surface area contributed by atoms with Crippen LogP contribution in [0.3, 0.4) is 0 Å². The molecule has 174 valence electrons. The highest BCUT2D eigenvalue weighted by atomic mass is 35.5. The Balaban J connectivity index is 1.28. The zero-order valence-electron chi connectivity index (χ0n) is 18.4. The van der Waals surface area contributed by atoms with E-state index in [4.69, 9.17) is 16.0 Å². The summed E-state index contributed by atoms with van der Waals surface area (Å²) in [5.41, 5.74) is 0.819. The molecular formula is C23H25ClFN5O3. The molecule has 10 heteroatoms. The molecule has 2 aromatic heterocycles. The fourth-order valence-electron chi connectivity index (χ4n) is 5.62. The predicted octanol–water partition coefficient (Wildman–Crippen LogP) is 4.03. The van der Waals surface area contributed by atoms with Gasteiger partial charge in [-0.25, -0.2) is 9.37 Å². The third kappa shape index (κ3) is 4.27. The Morgan fingerprint density at radius 2 is 2.06 bits per heavy atom. The van der Waals surface area contributed by atoms with E-state index in [0.29, 0.717) is 54.3 Å². The van der Waals surface area contributed by atoms with Gasteiger partial charge in [0.15, 0.2) is 0 Å². The molecule has 2 aliphatic carbocycles. The van der Waals surface area contributed by atoms with Crippen molar-refractivity contribution in [2.24, 2.45) is 18.9 Å². The van der Waals surface area contributed by atoms with Crippen LogP contribution in [0.4, 0.5) is 10.1 Å². The molecule has 0 saturated heterocycles. The van der Waals surface area contributed by atoms with Crippen molar-refractivity contribution in [3.8, 4) is 0 Å². The number of halogens is 2. The lowest BCUT2D eigenvalue weighted by molar-refractivity contribution is 0.0322. The molecule has 0 bridgehead atoms. The van der Waals surface area contributed by atoms with Crippen LogP contribution in [0.5, 0.6) is 0 Å². The molecule has 0 aliphatic heterocycles. The highest BCUT2D eigenvalue weighted by Crippen LogP contribution is 2.54. The molecule has 2 N–H and O–H groups in total. The van der Waals surface area contributed by atoms with E-state index in [1.165, 1.54) is 18.2 Å². The second-order valence-corrected chi connectivity index (χ2v) is 9.79. The van der Waals surface area contributed by atoms with Crippen molar-refractivity contribution < 1.29 is 18.7 Å². The summed E-state index contributed by atoms with van der Waals surface area (Å²) in [6, 6.07) is 4.08. The number of benzene rings is 1. The third-order valence-corrected chi connectivity index (χ3v) is 7.21. The molecule has 1 aromatic carbocycles. The number of amides is 1. The van der Waals surface area contributed by atoms with Gasteiger partial charge < -0.3 is 19.4 Å². The fraction of sp³-hybridized carbons (Fsp3) is 0.478. The highest BCUT2D eigenvalue weighted by Gasteiger charge is 2.50. The van der Waals surface area contributed by atoms with Gasteiger partial charge in [-0.1, -0.05) is 11.6 Å². The molecule has 3 aromatic rings. The molecule has 2 atom stereocenters. The number of aliphatic hydroxyl groups is 1. The topological polar surface area (TPSA) is 106 Å². The van der Waals surface area contributed by atoms with Crippen molar-refractivity contribution in [1.82, 2.24) is 19.7 Å². The first-order valence-electron chi connectivity index (χ1n) is 11.0.